The van der Waals surface area contributed by atoms with Crippen LogP contribution in [0.4, 0.5) is 0 Å². The molecule has 0 saturated carbocycles. The highest BCUT2D eigenvalue weighted by Gasteiger charge is 2.26. The Morgan fingerprint density at radius 2 is 2.12 bits per heavy atom. The van der Waals surface area contributed by atoms with E-state index in [0.717, 1.165) is 26.2 Å². The first-order valence-electron chi connectivity index (χ1n) is 6.87. The van der Waals surface area contributed by atoms with Gasteiger partial charge in [-0.2, -0.15) is 0 Å². The quantitative estimate of drug-likeness (QED) is 0.657. The van der Waals surface area contributed by atoms with Crippen molar-refractivity contribution in [1.29, 1.82) is 0 Å². The molecule has 1 heterocycles. The highest BCUT2D eigenvalue weighted by Crippen LogP contribution is 2.20. The standard InChI is InChI=1S/C14H28N2O/c1-5-9-16(6-2)11-14-8-7-13(17-14)10-15-12(3)4/h5,12-15H,1,6-11H2,2-4H3. The Balaban J connectivity index is 2.22. The second-order valence-corrected chi connectivity index (χ2v) is 5.16. The lowest BCUT2D eigenvalue weighted by Crippen LogP contribution is -2.35. The van der Waals surface area contributed by atoms with E-state index in [4.69, 9.17) is 4.74 Å². The molecule has 1 aliphatic heterocycles. The van der Waals surface area contributed by atoms with Crippen LogP contribution in [0.3, 0.4) is 0 Å². The third-order valence-corrected chi connectivity index (χ3v) is 3.25. The zero-order chi connectivity index (χ0) is 12.7. The van der Waals surface area contributed by atoms with Gasteiger partial charge in [0.05, 0.1) is 12.2 Å². The van der Waals surface area contributed by atoms with Gasteiger partial charge >= 0.3 is 0 Å². The minimum absolute atomic E-state index is 0.407. The van der Waals surface area contributed by atoms with Crippen LogP contribution in [0.5, 0.6) is 0 Å². The zero-order valence-corrected chi connectivity index (χ0v) is 11.6. The summed E-state index contributed by atoms with van der Waals surface area (Å²) in [5.74, 6) is 0. The first-order chi connectivity index (χ1) is 8.15. The Morgan fingerprint density at radius 1 is 1.41 bits per heavy atom. The minimum Gasteiger partial charge on any atom is -0.372 e. The third-order valence-electron chi connectivity index (χ3n) is 3.25. The number of hydrogen-bond acceptors (Lipinski definition) is 3. The van der Waals surface area contributed by atoms with Crippen LogP contribution in [-0.4, -0.2) is 49.3 Å². The van der Waals surface area contributed by atoms with Crippen molar-refractivity contribution >= 4 is 0 Å². The molecule has 1 saturated heterocycles. The monoisotopic (exact) mass is 240 g/mol. The van der Waals surface area contributed by atoms with Gasteiger partial charge < -0.3 is 10.1 Å². The first-order valence-corrected chi connectivity index (χ1v) is 6.87. The van der Waals surface area contributed by atoms with E-state index < -0.39 is 0 Å². The third kappa shape index (κ3) is 5.66. The van der Waals surface area contributed by atoms with E-state index in [1.807, 2.05) is 6.08 Å². The molecule has 0 aromatic carbocycles. The van der Waals surface area contributed by atoms with E-state index >= 15 is 0 Å². The van der Waals surface area contributed by atoms with E-state index in [-0.39, 0.29) is 0 Å². The summed E-state index contributed by atoms with van der Waals surface area (Å²) in [6.45, 7) is 14.4. The molecule has 3 heteroatoms. The summed E-state index contributed by atoms with van der Waals surface area (Å²) in [4.78, 5) is 2.38. The van der Waals surface area contributed by atoms with Crippen molar-refractivity contribution < 1.29 is 4.74 Å². The minimum atomic E-state index is 0.407. The van der Waals surface area contributed by atoms with Gasteiger partial charge in [0.2, 0.25) is 0 Å². The van der Waals surface area contributed by atoms with Crippen LogP contribution >= 0.6 is 0 Å². The van der Waals surface area contributed by atoms with Gasteiger partial charge in [0, 0.05) is 25.7 Å². The van der Waals surface area contributed by atoms with Crippen molar-refractivity contribution in [3.8, 4) is 0 Å². The summed E-state index contributed by atoms with van der Waals surface area (Å²) in [5, 5.41) is 3.45. The van der Waals surface area contributed by atoms with E-state index in [1.165, 1.54) is 12.8 Å². The lowest BCUT2D eigenvalue weighted by Gasteiger charge is -2.23. The Morgan fingerprint density at radius 3 is 2.71 bits per heavy atom. The van der Waals surface area contributed by atoms with Crippen LogP contribution in [0.15, 0.2) is 12.7 Å². The number of ether oxygens (including phenoxy) is 1. The van der Waals surface area contributed by atoms with Gasteiger partial charge in [-0.15, -0.1) is 6.58 Å². The van der Waals surface area contributed by atoms with Gasteiger partial charge in [-0.05, 0) is 19.4 Å². The molecule has 100 valence electrons. The van der Waals surface area contributed by atoms with E-state index in [0.29, 0.717) is 18.2 Å². The molecule has 2 unspecified atom stereocenters. The molecule has 0 bridgehead atoms. The molecule has 0 aliphatic carbocycles. The highest BCUT2D eigenvalue weighted by atomic mass is 16.5. The van der Waals surface area contributed by atoms with Crippen molar-refractivity contribution in [1.82, 2.24) is 10.2 Å². The van der Waals surface area contributed by atoms with Crippen molar-refractivity contribution in [2.45, 2.75) is 51.9 Å². The van der Waals surface area contributed by atoms with Crippen LogP contribution in [0.2, 0.25) is 0 Å². The highest BCUT2D eigenvalue weighted by molar-refractivity contribution is 4.80. The normalized spacial score (nSPS) is 24.8. The fraction of sp³-hybridized carbons (Fsp3) is 0.857. The maximum Gasteiger partial charge on any atom is 0.0707 e. The second kappa shape index (κ2) is 7.85. The van der Waals surface area contributed by atoms with Crippen LogP contribution < -0.4 is 5.32 Å². The van der Waals surface area contributed by atoms with Crippen LogP contribution in [0.25, 0.3) is 0 Å². The Kier molecular flexibility index (Phi) is 6.78. The van der Waals surface area contributed by atoms with Crippen molar-refractivity contribution in [3.63, 3.8) is 0 Å². The molecule has 3 nitrogen and oxygen atoms in total. The van der Waals surface area contributed by atoms with E-state index in [9.17, 15) is 0 Å². The van der Waals surface area contributed by atoms with Gasteiger partial charge in [-0.1, -0.05) is 26.8 Å². The summed E-state index contributed by atoms with van der Waals surface area (Å²) < 4.78 is 6.05. The molecule has 1 rings (SSSR count). The Labute approximate surface area is 106 Å². The number of rotatable bonds is 8. The topological polar surface area (TPSA) is 24.5 Å². The van der Waals surface area contributed by atoms with Crippen molar-refractivity contribution in [2.75, 3.05) is 26.2 Å². The number of nitrogens with one attached hydrogen (secondary N) is 1. The molecular weight excluding hydrogens is 212 g/mol. The molecule has 0 radical (unpaired) electrons. The number of likely N-dealkylation sites (N-methyl/N-ethyl adjacent to an activating group) is 1. The van der Waals surface area contributed by atoms with Crippen molar-refractivity contribution in [3.05, 3.63) is 12.7 Å². The molecule has 17 heavy (non-hydrogen) atoms. The van der Waals surface area contributed by atoms with Crippen LogP contribution in [-0.2, 0) is 4.74 Å². The zero-order valence-electron chi connectivity index (χ0n) is 11.6. The Bertz CT molecular complexity index is 218. The maximum absolute atomic E-state index is 6.05. The molecule has 0 aromatic heterocycles. The summed E-state index contributed by atoms with van der Waals surface area (Å²) in [7, 11) is 0. The molecule has 1 fully saturated rings. The molecule has 0 aromatic rings. The second-order valence-electron chi connectivity index (χ2n) is 5.16. The molecule has 1 N–H and O–H groups in total. The van der Waals surface area contributed by atoms with Crippen LogP contribution in [0.1, 0.15) is 33.6 Å². The lowest BCUT2D eigenvalue weighted by molar-refractivity contribution is 0.0255. The van der Waals surface area contributed by atoms with E-state index in [2.05, 4.69) is 37.6 Å². The summed E-state index contributed by atoms with van der Waals surface area (Å²) in [6, 6.07) is 0.547. The molecule has 2 atom stereocenters. The average molecular weight is 240 g/mol. The van der Waals surface area contributed by atoms with Gasteiger partial charge in [-0.3, -0.25) is 4.90 Å². The molecule has 0 amide bonds. The lowest BCUT2D eigenvalue weighted by atomic mass is 10.2. The van der Waals surface area contributed by atoms with Crippen LogP contribution in [0, 0.1) is 0 Å². The van der Waals surface area contributed by atoms with E-state index in [1.54, 1.807) is 0 Å². The summed E-state index contributed by atoms with van der Waals surface area (Å²) >= 11 is 0. The predicted molar refractivity (Wildman–Crippen MR) is 73.3 cm³/mol. The van der Waals surface area contributed by atoms with Gasteiger partial charge in [0.15, 0.2) is 0 Å². The maximum atomic E-state index is 6.05. The predicted octanol–water partition coefficient (Wildman–Crippen LogP) is 2.04. The van der Waals surface area contributed by atoms with Crippen molar-refractivity contribution in [2.24, 2.45) is 0 Å². The van der Waals surface area contributed by atoms with Gasteiger partial charge in [0.1, 0.15) is 0 Å². The first kappa shape index (κ1) is 14.7. The summed E-state index contributed by atoms with van der Waals surface area (Å²) in [5.41, 5.74) is 0. The largest absolute Gasteiger partial charge is 0.372 e. The summed E-state index contributed by atoms with van der Waals surface area (Å²) in [6.07, 6.45) is 5.17. The smallest absolute Gasteiger partial charge is 0.0707 e. The molecule has 1 aliphatic rings. The molecule has 0 spiro atoms. The fourth-order valence-electron chi connectivity index (χ4n) is 2.23. The number of nitrogens with zero attached hydrogens (tertiary/aromatic N) is 1. The number of hydrogen-bond donors (Lipinski definition) is 1. The Hall–Kier alpha value is -0.380. The van der Waals surface area contributed by atoms with Gasteiger partial charge in [0.25, 0.3) is 0 Å². The SMILES string of the molecule is C=CCN(CC)CC1CCC(CNC(C)C)O1. The average Bonchev–Trinajstić information content (AvgIpc) is 2.73. The molecular formula is C14H28N2O. The van der Waals surface area contributed by atoms with Gasteiger partial charge in [-0.25, -0.2) is 0 Å². The fourth-order valence-corrected chi connectivity index (χ4v) is 2.23.